The predicted molar refractivity (Wildman–Crippen MR) is 219 cm³/mol. The zero-order valence-electron chi connectivity index (χ0n) is 31.2. The molecule has 0 aliphatic heterocycles. The van der Waals surface area contributed by atoms with E-state index in [0.29, 0.717) is 34.4 Å². The van der Waals surface area contributed by atoms with Gasteiger partial charge >= 0.3 is 5.97 Å². The van der Waals surface area contributed by atoms with E-state index in [2.05, 4.69) is 25.5 Å². The zero-order chi connectivity index (χ0) is 39.4. The molecular weight excluding hydrogens is 818 g/mol. The quantitative estimate of drug-likeness (QED) is 0.0895. The van der Waals surface area contributed by atoms with Crippen LogP contribution in [0.5, 0.6) is 11.5 Å². The van der Waals surface area contributed by atoms with Gasteiger partial charge < -0.3 is 18.8 Å². The van der Waals surface area contributed by atoms with Crippen LogP contribution in [-0.2, 0) is 40.7 Å². The second-order valence-electron chi connectivity index (χ2n) is 13.6. The third kappa shape index (κ3) is 8.91. The van der Waals surface area contributed by atoms with Crippen molar-refractivity contribution in [1.82, 2.24) is 13.9 Å². The average molecular weight is 859 g/mol. The Morgan fingerprint density at radius 2 is 1.57 bits per heavy atom. The summed E-state index contributed by atoms with van der Waals surface area (Å²) < 4.78 is 65.2. The number of rotatable bonds is 16. The summed E-state index contributed by atoms with van der Waals surface area (Å²) >= 11 is 4.99. The van der Waals surface area contributed by atoms with Crippen LogP contribution in [-0.4, -0.2) is 49.1 Å². The van der Waals surface area contributed by atoms with Crippen LogP contribution < -0.4 is 9.47 Å². The van der Waals surface area contributed by atoms with Gasteiger partial charge in [0.25, 0.3) is 0 Å². The highest BCUT2D eigenvalue weighted by atomic mass is 79.9. The molecule has 1 aliphatic carbocycles. The summed E-state index contributed by atoms with van der Waals surface area (Å²) in [4.78, 5) is 16.8. The molecule has 7 rings (SSSR count). The molecule has 0 saturated heterocycles. The molecule has 1 fully saturated rings. The Kier molecular flexibility index (Phi) is 12.1. The molecule has 0 amide bonds. The summed E-state index contributed by atoms with van der Waals surface area (Å²) in [5.74, 6) is 0.489. The first kappa shape index (κ1) is 39.4. The molecule has 0 N–H and O–H groups in total. The number of methoxy groups -OCH3 is 2. The molecule has 4 aromatic carbocycles. The van der Waals surface area contributed by atoms with Crippen LogP contribution in [0.15, 0.2) is 112 Å². The topological polar surface area (TPSA) is 100.0 Å². The maximum absolute atomic E-state index is 16.4. The number of benzene rings is 4. The molecular formula is C43H41BrFN3O6S2. The Morgan fingerprint density at radius 1 is 0.929 bits per heavy atom. The highest BCUT2D eigenvalue weighted by molar-refractivity contribution is 9.10. The molecule has 1 saturated carbocycles. The first-order chi connectivity index (χ1) is 27.1. The minimum Gasteiger partial charge on any atom is -0.497 e. The number of aromatic nitrogens is 2. The van der Waals surface area contributed by atoms with Crippen molar-refractivity contribution in [1.29, 1.82) is 0 Å². The lowest BCUT2D eigenvalue weighted by atomic mass is 9.99. The number of carbonyl (C=O) groups excluding carboxylic acids is 1. The number of sulfonamides is 1. The number of halogens is 2. The van der Waals surface area contributed by atoms with E-state index < -0.39 is 26.7 Å². The molecule has 0 atom stereocenters. The van der Waals surface area contributed by atoms with Crippen molar-refractivity contribution in [2.24, 2.45) is 5.92 Å². The maximum atomic E-state index is 16.4. The Labute approximate surface area is 338 Å². The molecule has 6 aromatic rings. The summed E-state index contributed by atoms with van der Waals surface area (Å²) in [7, 11) is -1.19. The average Bonchev–Trinajstić information content (AvgIpc) is 3.76. The number of thiazole rings is 1. The summed E-state index contributed by atoms with van der Waals surface area (Å²) in [6.45, 7) is 2.04. The second-order valence-corrected chi connectivity index (χ2v) is 17.3. The molecule has 9 nitrogen and oxygen atoms in total. The minimum atomic E-state index is -4.32. The van der Waals surface area contributed by atoms with Crippen LogP contribution in [0.25, 0.3) is 16.3 Å². The van der Waals surface area contributed by atoms with Crippen LogP contribution in [0, 0.1) is 11.7 Å². The second kappa shape index (κ2) is 17.1. The number of carbonyl (C=O) groups is 1. The van der Waals surface area contributed by atoms with Crippen LogP contribution in [0.1, 0.15) is 58.2 Å². The van der Waals surface area contributed by atoms with Gasteiger partial charge in [-0.15, -0.1) is 11.3 Å². The van der Waals surface area contributed by atoms with Gasteiger partial charge in [-0.1, -0.05) is 52.3 Å². The zero-order valence-corrected chi connectivity index (χ0v) is 34.4. The number of ether oxygens (including phenoxy) is 3. The van der Waals surface area contributed by atoms with E-state index in [4.69, 9.17) is 14.2 Å². The van der Waals surface area contributed by atoms with Crippen LogP contribution >= 0.6 is 27.3 Å². The number of hydrogen-bond acceptors (Lipinski definition) is 8. The van der Waals surface area contributed by atoms with Gasteiger partial charge in [0.05, 0.1) is 20.8 Å². The van der Waals surface area contributed by atoms with E-state index in [-0.39, 0.29) is 25.4 Å². The van der Waals surface area contributed by atoms with Gasteiger partial charge in [0.15, 0.2) is 5.69 Å². The SMILES string of the molecule is CCOC(=O)c1csc(-c2cn(-c3cccc(Br)c3)c(Cc3ccc(S(=O)(=O)N(Cc4ccc(OC)cc4)Cc4ccc(OC)cc4)c(F)c3)c2CC2CC2)n1. The fourth-order valence-electron chi connectivity index (χ4n) is 6.64. The first-order valence-corrected chi connectivity index (χ1v) is 21.3. The van der Waals surface area contributed by atoms with Crippen LogP contribution in [0.2, 0.25) is 0 Å². The molecule has 2 heterocycles. The third-order valence-electron chi connectivity index (χ3n) is 9.74. The van der Waals surface area contributed by atoms with E-state index >= 15 is 4.39 Å². The monoisotopic (exact) mass is 857 g/mol. The smallest absolute Gasteiger partial charge is 0.357 e. The number of nitrogens with zero attached hydrogens (tertiary/aromatic N) is 3. The van der Waals surface area contributed by atoms with E-state index in [1.807, 2.05) is 30.5 Å². The van der Waals surface area contributed by atoms with Gasteiger partial charge in [-0.05, 0) is 109 Å². The highest BCUT2D eigenvalue weighted by Crippen LogP contribution is 2.41. The lowest BCUT2D eigenvalue weighted by Gasteiger charge is -2.23. The largest absolute Gasteiger partial charge is 0.497 e. The lowest BCUT2D eigenvalue weighted by molar-refractivity contribution is 0.0520. The summed E-state index contributed by atoms with van der Waals surface area (Å²) in [6.07, 6.45) is 5.37. The van der Waals surface area contributed by atoms with Gasteiger partial charge in [-0.3, -0.25) is 0 Å². The molecule has 290 valence electrons. The fraction of sp³-hybridized carbons (Fsp3) is 0.256. The van der Waals surface area contributed by atoms with E-state index in [0.717, 1.165) is 57.4 Å². The summed E-state index contributed by atoms with van der Waals surface area (Å²) in [5.41, 5.74) is 6.12. The number of esters is 1. The molecule has 13 heteroatoms. The minimum absolute atomic E-state index is 0.0155. The van der Waals surface area contributed by atoms with Crippen molar-refractivity contribution in [3.63, 3.8) is 0 Å². The Morgan fingerprint density at radius 3 is 2.14 bits per heavy atom. The van der Waals surface area contributed by atoms with Gasteiger partial charge in [0.1, 0.15) is 27.2 Å². The van der Waals surface area contributed by atoms with Crippen molar-refractivity contribution < 1.29 is 31.8 Å². The molecule has 0 spiro atoms. The van der Waals surface area contributed by atoms with Gasteiger partial charge in [0, 0.05) is 52.5 Å². The normalized spacial score (nSPS) is 12.9. The fourth-order valence-corrected chi connectivity index (χ4v) is 9.32. The molecule has 0 radical (unpaired) electrons. The third-order valence-corrected chi connectivity index (χ3v) is 12.9. The molecule has 1 aliphatic rings. The predicted octanol–water partition coefficient (Wildman–Crippen LogP) is 9.63. The Bertz CT molecular complexity index is 2400. The Hall–Kier alpha value is -4.82. The molecule has 2 aromatic heterocycles. The van der Waals surface area contributed by atoms with Crippen molar-refractivity contribution in [2.45, 2.75) is 50.6 Å². The first-order valence-electron chi connectivity index (χ1n) is 18.2. The summed E-state index contributed by atoms with van der Waals surface area (Å²) in [6, 6.07) is 26.6. The van der Waals surface area contributed by atoms with Crippen molar-refractivity contribution in [2.75, 3.05) is 20.8 Å². The van der Waals surface area contributed by atoms with E-state index in [9.17, 15) is 13.2 Å². The summed E-state index contributed by atoms with van der Waals surface area (Å²) in [5, 5.41) is 2.41. The van der Waals surface area contributed by atoms with Crippen molar-refractivity contribution in [3.05, 3.63) is 147 Å². The van der Waals surface area contributed by atoms with E-state index in [1.54, 1.807) is 81.1 Å². The van der Waals surface area contributed by atoms with Crippen LogP contribution in [0.3, 0.4) is 0 Å². The molecule has 0 bridgehead atoms. The van der Waals surface area contributed by atoms with Gasteiger partial charge in [0.2, 0.25) is 10.0 Å². The van der Waals surface area contributed by atoms with Gasteiger partial charge in [-0.2, -0.15) is 4.31 Å². The number of hydrogen-bond donors (Lipinski definition) is 0. The van der Waals surface area contributed by atoms with Crippen molar-refractivity contribution >= 4 is 43.3 Å². The molecule has 56 heavy (non-hydrogen) atoms. The van der Waals surface area contributed by atoms with E-state index in [1.165, 1.54) is 27.8 Å². The maximum Gasteiger partial charge on any atom is 0.357 e. The molecule has 0 unspecified atom stereocenters. The van der Waals surface area contributed by atoms with Crippen molar-refractivity contribution in [3.8, 4) is 27.8 Å². The Balaban J connectivity index is 1.26. The lowest BCUT2D eigenvalue weighted by Crippen LogP contribution is -2.31. The van der Waals surface area contributed by atoms with Crippen LogP contribution in [0.4, 0.5) is 4.39 Å². The highest BCUT2D eigenvalue weighted by Gasteiger charge is 2.31. The van der Waals surface area contributed by atoms with Gasteiger partial charge in [-0.25, -0.2) is 22.6 Å². The standard InChI is InChI=1S/C43H41BrFN3O6S2/c1-4-54-43(49)39-27-55-42(46-39)37-26-48(33-7-5-6-32(44)23-33)40(36(37)20-28-8-9-28)22-31-14-19-41(38(45)21-31)56(50,51)47(24-29-10-15-34(52-2)16-11-29)25-30-12-17-35(53-3)18-13-30/h5-7,10-19,21,23,26-28H,4,8-9,20,22,24-25H2,1-3H3.